The van der Waals surface area contributed by atoms with Gasteiger partial charge in [0.2, 0.25) is 5.43 Å². The molecule has 0 atom stereocenters. The van der Waals surface area contributed by atoms with Gasteiger partial charge in [0, 0.05) is 28.7 Å². The Morgan fingerprint density at radius 1 is 1.00 bits per heavy atom. The lowest BCUT2D eigenvalue weighted by atomic mass is 10.0. The van der Waals surface area contributed by atoms with Crippen LogP contribution in [0.15, 0.2) is 47.4 Å². The number of aryl methyl sites for hydroxylation is 2. The van der Waals surface area contributed by atoms with E-state index in [0.717, 1.165) is 0 Å². The van der Waals surface area contributed by atoms with Gasteiger partial charge in [-0.3, -0.25) is 9.78 Å². The largest absolute Gasteiger partial charge is 0.573 e. The van der Waals surface area contributed by atoms with E-state index in [0.29, 0.717) is 33.8 Å². The number of hydrogen-bond acceptors (Lipinski definition) is 3. The van der Waals surface area contributed by atoms with E-state index in [4.69, 9.17) is 11.6 Å². The van der Waals surface area contributed by atoms with Crippen LogP contribution in [0, 0.1) is 13.8 Å². The fraction of sp³-hybridized carbons (Fsp3) is 0.158. The van der Waals surface area contributed by atoms with Gasteiger partial charge in [-0.15, -0.1) is 13.2 Å². The maximum absolute atomic E-state index is 12.4. The van der Waals surface area contributed by atoms with E-state index in [9.17, 15) is 18.0 Å². The number of pyridine rings is 2. The van der Waals surface area contributed by atoms with Crippen LogP contribution in [0.2, 0.25) is 5.02 Å². The summed E-state index contributed by atoms with van der Waals surface area (Å²) < 4.78 is 40.5. The van der Waals surface area contributed by atoms with Crippen LogP contribution in [0.3, 0.4) is 0 Å². The van der Waals surface area contributed by atoms with Gasteiger partial charge in [-0.1, -0.05) is 17.7 Å². The molecule has 4 nitrogen and oxygen atoms in total. The minimum atomic E-state index is -4.73. The molecule has 1 N–H and O–H groups in total. The second-order valence-electron chi connectivity index (χ2n) is 5.90. The third-order valence-electron chi connectivity index (χ3n) is 3.94. The number of aromatic amines is 1. The number of nitrogens with one attached hydrogen (secondary N) is 1. The zero-order valence-corrected chi connectivity index (χ0v) is 15.1. The third-order valence-corrected chi connectivity index (χ3v) is 4.40. The fourth-order valence-corrected chi connectivity index (χ4v) is 2.88. The molecule has 140 valence electrons. The zero-order valence-electron chi connectivity index (χ0n) is 14.3. The molecule has 3 aromatic rings. The molecule has 1 aromatic carbocycles. The molecular weight excluding hydrogens is 381 g/mol. The molecule has 0 radical (unpaired) electrons. The van der Waals surface area contributed by atoms with E-state index in [1.807, 2.05) is 0 Å². The van der Waals surface area contributed by atoms with Gasteiger partial charge in [0.15, 0.2) is 0 Å². The Bertz CT molecular complexity index is 1030. The Balaban J connectivity index is 1.91. The Morgan fingerprint density at radius 2 is 1.63 bits per heavy atom. The molecule has 27 heavy (non-hydrogen) atoms. The summed E-state index contributed by atoms with van der Waals surface area (Å²) in [7, 11) is 0. The van der Waals surface area contributed by atoms with E-state index in [1.165, 1.54) is 30.5 Å². The van der Waals surface area contributed by atoms with Crippen LogP contribution in [0.25, 0.3) is 22.4 Å². The summed E-state index contributed by atoms with van der Waals surface area (Å²) in [5.41, 5.74) is 3.16. The lowest BCUT2D eigenvalue weighted by Crippen LogP contribution is -2.16. The number of halogens is 4. The molecule has 3 rings (SSSR count). The number of ether oxygens (including phenoxy) is 1. The first-order valence-electron chi connectivity index (χ1n) is 7.87. The van der Waals surface area contributed by atoms with Crippen molar-refractivity contribution in [1.82, 2.24) is 9.97 Å². The fourth-order valence-electron chi connectivity index (χ4n) is 2.74. The topological polar surface area (TPSA) is 55.0 Å². The lowest BCUT2D eigenvalue weighted by molar-refractivity contribution is -0.274. The Kier molecular flexibility index (Phi) is 4.97. The molecule has 0 saturated carbocycles. The molecule has 0 saturated heterocycles. The van der Waals surface area contributed by atoms with Crippen LogP contribution in [0.4, 0.5) is 13.2 Å². The van der Waals surface area contributed by atoms with E-state index in [1.54, 1.807) is 26.0 Å². The molecule has 2 aromatic heterocycles. The van der Waals surface area contributed by atoms with Crippen molar-refractivity contribution in [2.24, 2.45) is 0 Å². The summed E-state index contributed by atoms with van der Waals surface area (Å²) in [6.07, 6.45) is -3.21. The molecule has 0 spiro atoms. The molecule has 0 bridgehead atoms. The van der Waals surface area contributed by atoms with Gasteiger partial charge in [0.05, 0.1) is 11.3 Å². The van der Waals surface area contributed by atoms with Crippen molar-refractivity contribution < 1.29 is 17.9 Å². The summed E-state index contributed by atoms with van der Waals surface area (Å²) in [5, 5.41) is 0.125. The summed E-state index contributed by atoms with van der Waals surface area (Å²) in [6.45, 7) is 3.49. The summed E-state index contributed by atoms with van der Waals surface area (Å²) in [4.78, 5) is 19.8. The highest BCUT2D eigenvalue weighted by molar-refractivity contribution is 6.31. The van der Waals surface area contributed by atoms with Crippen LogP contribution in [0.1, 0.15) is 11.4 Å². The van der Waals surface area contributed by atoms with E-state index < -0.39 is 6.36 Å². The van der Waals surface area contributed by atoms with Crippen LogP contribution >= 0.6 is 11.6 Å². The molecule has 8 heteroatoms. The van der Waals surface area contributed by atoms with Gasteiger partial charge < -0.3 is 9.72 Å². The first kappa shape index (κ1) is 19.0. The number of H-pyrrole nitrogens is 1. The van der Waals surface area contributed by atoms with Crippen molar-refractivity contribution in [3.8, 4) is 28.1 Å². The summed E-state index contributed by atoms with van der Waals surface area (Å²) in [6, 6.07) is 8.78. The molecule has 0 amide bonds. The van der Waals surface area contributed by atoms with Gasteiger partial charge in [0.25, 0.3) is 0 Å². The first-order chi connectivity index (χ1) is 12.7. The average Bonchev–Trinajstić information content (AvgIpc) is 2.60. The van der Waals surface area contributed by atoms with Crippen LogP contribution in [0.5, 0.6) is 5.75 Å². The minimum Gasteiger partial charge on any atom is -0.406 e. The lowest BCUT2D eigenvalue weighted by Gasteiger charge is -2.10. The number of rotatable bonds is 3. The highest BCUT2D eigenvalue weighted by Crippen LogP contribution is 2.27. The van der Waals surface area contributed by atoms with Crippen molar-refractivity contribution >= 4 is 11.6 Å². The highest BCUT2D eigenvalue weighted by Gasteiger charge is 2.30. The second-order valence-corrected chi connectivity index (χ2v) is 6.28. The summed E-state index contributed by atoms with van der Waals surface area (Å²) >= 11 is 6.04. The maximum Gasteiger partial charge on any atom is 0.573 e. The molecular formula is C19H14ClF3N2O2. The number of alkyl halides is 3. The normalized spacial score (nSPS) is 11.5. The van der Waals surface area contributed by atoms with E-state index in [-0.39, 0.29) is 16.2 Å². The van der Waals surface area contributed by atoms with Gasteiger partial charge in [-0.25, -0.2) is 0 Å². The standard InChI is InChI=1S/C19H14ClF3N2O2/c1-10-16(18(26)17(20)11(2)25-10)13-5-8-15(24-9-13)12-3-6-14(7-4-12)27-19(21,22)23/h3-9H,1-2H3,(H,25,26). The van der Waals surface area contributed by atoms with Crippen LogP contribution in [-0.2, 0) is 0 Å². The van der Waals surface area contributed by atoms with Gasteiger partial charge >= 0.3 is 6.36 Å². The van der Waals surface area contributed by atoms with E-state index >= 15 is 0 Å². The van der Waals surface area contributed by atoms with E-state index in [2.05, 4.69) is 14.7 Å². The Morgan fingerprint density at radius 3 is 2.19 bits per heavy atom. The van der Waals surface area contributed by atoms with Crippen molar-refractivity contribution in [3.63, 3.8) is 0 Å². The highest BCUT2D eigenvalue weighted by atomic mass is 35.5. The molecule has 0 unspecified atom stereocenters. The van der Waals surface area contributed by atoms with Gasteiger partial charge in [0.1, 0.15) is 10.8 Å². The predicted octanol–water partition coefficient (Wildman–Crippen LogP) is 5.27. The number of nitrogens with zero attached hydrogens (tertiary/aromatic N) is 1. The zero-order chi connectivity index (χ0) is 19.8. The van der Waals surface area contributed by atoms with Crippen LogP contribution in [-0.4, -0.2) is 16.3 Å². The monoisotopic (exact) mass is 394 g/mol. The third kappa shape index (κ3) is 4.14. The SMILES string of the molecule is Cc1[nH]c(C)c(-c2ccc(-c3ccc(OC(F)(F)F)cc3)nc2)c(=O)c1Cl. The summed E-state index contributed by atoms with van der Waals surface area (Å²) in [5.74, 6) is -0.306. The van der Waals surface area contributed by atoms with Crippen molar-refractivity contribution in [3.05, 3.63) is 69.2 Å². The molecule has 0 aliphatic heterocycles. The molecule has 0 aliphatic carbocycles. The van der Waals surface area contributed by atoms with Gasteiger partial charge in [-0.2, -0.15) is 0 Å². The second kappa shape index (κ2) is 7.08. The smallest absolute Gasteiger partial charge is 0.406 e. The number of hydrogen-bond donors (Lipinski definition) is 1. The van der Waals surface area contributed by atoms with Crippen molar-refractivity contribution in [2.75, 3.05) is 0 Å². The van der Waals surface area contributed by atoms with Crippen LogP contribution < -0.4 is 10.2 Å². The molecule has 0 aliphatic rings. The van der Waals surface area contributed by atoms with Crippen molar-refractivity contribution in [1.29, 1.82) is 0 Å². The Hall–Kier alpha value is -2.80. The first-order valence-corrected chi connectivity index (χ1v) is 8.25. The van der Waals surface area contributed by atoms with Gasteiger partial charge in [-0.05, 0) is 44.2 Å². The van der Waals surface area contributed by atoms with Crippen molar-refractivity contribution in [2.45, 2.75) is 20.2 Å². The predicted molar refractivity (Wildman–Crippen MR) is 96.9 cm³/mol. The minimum absolute atomic E-state index is 0.125. The average molecular weight is 395 g/mol. The molecule has 2 heterocycles. The quantitative estimate of drug-likeness (QED) is 0.658. The number of benzene rings is 1. The maximum atomic E-state index is 12.4. The number of aromatic nitrogens is 2. The molecule has 0 fully saturated rings. The Labute approximate surface area is 157 Å².